The predicted octanol–water partition coefficient (Wildman–Crippen LogP) is 15.1. The zero-order chi connectivity index (χ0) is 42.6. The number of hydrogen-bond donors (Lipinski definition) is 1. The third-order valence-electron chi connectivity index (χ3n) is 13.2. The molecule has 1 aliphatic heterocycles. The van der Waals surface area contributed by atoms with Crippen molar-refractivity contribution in [2.75, 3.05) is 0 Å². The van der Waals surface area contributed by atoms with Gasteiger partial charge in [-0.25, -0.2) is 9.98 Å². The lowest BCUT2D eigenvalue weighted by Crippen LogP contribution is -2.33. The molecule has 0 fully saturated rings. The molecule has 0 radical (unpaired) electrons. The largest absolute Gasteiger partial charge is 0.456 e. The Labute approximate surface area is 372 Å². The molecule has 6 nitrogen and oxygen atoms in total. The van der Waals surface area contributed by atoms with Crippen molar-refractivity contribution >= 4 is 98.9 Å². The van der Waals surface area contributed by atoms with Crippen LogP contribution in [0, 0.1) is 0 Å². The fourth-order valence-corrected chi connectivity index (χ4v) is 10.1. The highest BCUT2D eigenvalue weighted by atomic mass is 16.3. The number of rotatable bonds is 5. The van der Waals surface area contributed by atoms with Crippen molar-refractivity contribution in [1.29, 1.82) is 0 Å². The summed E-state index contributed by atoms with van der Waals surface area (Å²) in [5.41, 5.74) is 11.5. The fourth-order valence-electron chi connectivity index (χ4n) is 10.1. The number of benzene rings is 10. The van der Waals surface area contributed by atoms with E-state index >= 15 is 0 Å². The average Bonchev–Trinajstić information content (AvgIpc) is 4.05. The third-order valence-corrected chi connectivity index (χ3v) is 13.2. The van der Waals surface area contributed by atoms with Gasteiger partial charge in [-0.1, -0.05) is 152 Å². The Balaban J connectivity index is 1.04. The van der Waals surface area contributed by atoms with E-state index in [0.29, 0.717) is 11.7 Å². The number of nitrogens with zero attached hydrogens (tertiary/aromatic N) is 3. The van der Waals surface area contributed by atoms with Gasteiger partial charge < -0.3 is 18.7 Å². The van der Waals surface area contributed by atoms with Gasteiger partial charge in [-0.15, -0.1) is 0 Å². The molecule has 0 amide bonds. The number of furan rings is 2. The molecule has 304 valence electrons. The number of hydrogen-bond acceptors (Lipinski definition) is 5. The zero-order valence-electron chi connectivity index (χ0n) is 34.9. The average molecular weight is 833 g/mol. The first-order valence-corrected chi connectivity index (χ1v) is 22.0. The second kappa shape index (κ2) is 13.9. The molecule has 13 aromatic rings. The minimum absolute atomic E-state index is 0.473. The van der Waals surface area contributed by atoms with Crippen molar-refractivity contribution in [3.8, 4) is 16.8 Å². The molecular formula is C59H36N4O2. The number of aliphatic imine (C=N–C) groups is 2. The van der Waals surface area contributed by atoms with Gasteiger partial charge in [0.05, 0.1) is 16.6 Å². The summed E-state index contributed by atoms with van der Waals surface area (Å²) in [6.07, 6.45) is -0.473. The first-order chi connectivity index (χ1) is 32.2. The van der Waals surface area contributed by atoms with E-state index in [4.69, 9.17) is 18.8 Å². The Hall–Kier alpha value is -8.74. The molecule has 14 rings (SSSR count). The van der Waals surface area contributed by atoms with Gasteiger partial charge in [0.15, 0.2) is 5.84 Å². The Kier molecular flexibility index (Phi) is 7.65. The van der Waals surface area contributed by atoms with E-state index in [2.05, 4.69) is 180 Å². The molecular weight excluding hydrogens is 797 g/mol. The molecule has 0 aliphatic carbocycles. The highest BCUT2D eigenvalue weighted by Gasteiger charge is 2.27. The fraction of sp³-hybridized carbons (Fsp3) is 0.0169. The molecule has 1 atom stereocenters. The number of amidine groups is 2. The first-order valence-electron chi connectivity index (χ1n) is 22.0. The number of fused-ring (bicyclic) bond motifs is 12. The van der Waals surface area contributed by atoms with Crippen LogP contribution in [0.25, 0.3) is 104 Å². The van der Waals surface area contributed by atoms with E-state index in [0.717, 1.165) is 88.4 Å². The lowest BCUT2D eigenvalue weighted by molar-refractivity contribution is 0.659. The molecule has 0 saturated heterocycles. The van der Waals surface area contributed by atoms with Crippen molar-refractivity contribution in [3.63, 3.8) is 0 Å². The normalized spacial score (nSPS) is 14.3. The molecule has 0 bridgehead atoms. The van der Waals surface area contributed by atoms with Gasteiger partial charge in [-0.3, -0.25) is 0 Å². The molecule has 1 aliphatic rings. The third kappa shape index (κ3) is 5.60. The second-order valence-corrected chi connectivity index (χ2v) is 17.0. The molecule has 1 unspecified atom stereocenters. The summed E-state index contributed by atoms with van der Waals surface area (Å²) >= 11 is 0. The summed E-state index contributed by atoms with van der Waals surface area (Å²) < 4.78 is 15.7. The van der Waals surface area contributed by atoms with Crippen molar-refractivity contribution in [1.82, 2.24) is 9.88 Å². The molecule has 4 heterocycles. The van der Waals surface area contributed by atoms with Gasteiger partial charge in [-0.2, -0.15) is 0 Å². The van der Waals surface area contributed by atoms with E-state index in [1.54, 1.807) is 0 Å². The summed E-state index contributed by atoms with van der Waals surface area (Å²) in [5.74, 6) is 1.26. The van der Waals surface area contributed by atoms with E-state index in [9.17, 15) is 0 Å². The van der Waals surface area contributed by atoms with Gasteiger partial charge in [0.25, 0.3) is 0 Å². The lowest BCUT2D eigenvalue weighted by atomic mass is 10.0. The van der Waals surface area contributed by atoms with Gasteiger partial charge >= 0.3 is 0 Å². The Morgan fingerprint density at radius 2 is 1.11 bits per heavy atom. The SMILES string of the molecule is c1ccc(-c2cccc(C3N=C(c4ccc5c(c4)oc4ccccc45)N=C(c4cc(-n5c6cc7ccccc7cc6c6ccc7ccccc7c65)cc5c4oc4ccccc45)N3)c2)cc1. The highest BCUT2D eigenvalue weighted by molar-refractivity contribution is 6.23. The second-order valence-electron chi connectivity index (χ2n) is 17.0. The van der Waals surface area contributed by atoms with Crippen molar-refractivity contribution in [2.45, 2.75) is 6.17 Å². The zero-order valence-corrected chi connectivity index (χ0v) is 34.9. The van der Waals surface area contributed by atoms with Crippen molar-refractivity contribution < 1.29 is 8.83 Å². The summed E-state index contributed by atoms with van der Waals surface area (Å²) in [5, 5.41) is 15.2. The van der Waals surface area contributed by atoms with Gasteiger partial charge in [-0.05, 0) is 87.4 Å². The predicted molar refractivity (Wildman–Crippen MR) is 268 cm³/mol. The standard InChI is InChI=1S/C59H36N4O2/c1-2-13-35(14-3-1)37-18-12-19-40(29-37)57-60-58(41-26-27-46-44-21-8-10-23-52(44)64-54(46)32-41)62-59(61-57)50-34-42(33-49-45-22-9-11-24-53(45)65-56(49)50)63-51-31-39-17-5-4-16-38(39)30-48(51)47-28-25-36-15-6-7-20-43(36)55(47)63/h1-34,57H,(H,60,61,62). The molecule has 10 aromatic carbocycles. The number of aromatic nitrogens is 1. The summed E-state index contributed by atoms with van der Waals surface area (Å²) in [6, 6.07) is 72.9. The topological polar surface area (TPSA) is 68.0 Å². The summed E-state index contributed by atoms with van der Waals surface area (Å²) in [6.45, 7) is 0. The van der Waals surface area contributed by atoms with E-state index in [-0.39, 0.29) is 0 Å². The number of nitrogens with one attached hydrogen (secondary N) is 1. The maximum Gasteiger partial charge on any atom is 0.159 e. The number of para-hydroxylation sites is 2. The maximum absolute atomic E-state index is 6.88. The highest BCUT2D eigenvalue weighted by Crippen LogP contribution is 2.42. The summed E-state index contributed by atoms with van der Waals surface area (Å²) in [4.78, 5) is 10.8. The molecule has 0 saturated carbocycles. The Morgan fingerprint density at radius 3 is 1.95 bits per heavy atom. The van der Waals surface area contributed by atoms with Crippen LogP contribution in [0.4, 0.5) is 0 Å². The van der Waals surface area contributed by atoms with E-state index in [1.165, 1.54) is 32.3 Å². The monoisotopic (exact) mass is 832 g/mol. The lowest BCUT2D eigenvalue weighted by Gasteiger charge is -2.24. The van der Waals surface area contributed by atoms with E-state index < -0.39 is 6.17 Å². The van der Waals surface area contributed by atoms with Crippen LogP contribution in [0.3, 0.4) is 0 Å². The minimum atomic E-state index is -0.473. The smallest absolute Gasteiger partial charge is 0.159 e. The van der Waals surface area contributed by atoms with Crippen LogP contribution in [-0.4, -0.2) is 16.2 Å². The van der Waals surface area contributed by atoms with Crippen LogP contribution in [0.1, 0.15) is 22.9 Å². The molecule has 1 N–H and O–H groups in total. The molecule has 0 spiro atoms. The van der Waals surface area contributed by atoms with Crippen molar-refractivity contribution in [2.24, 2.45) is 9.98 Å². The molecule has 6 heteroatoms. The Morgan fingerprint density at radius 1 is 0.431 bits per heavy atom. The van der Waals surface area contributed by atoms with Crippen LogP contribution in [0.5, 0.6) is 0 Å². The van der Waals surface area contributed by atoms with Crippen LogP contribution in [0.2, 0.25) is 0 Å². The van der Waals surface area contributed by atoms with Crippen LogP contribution < -0.4 is 5.32 Å². The van der Waals surface area contributed by atoms with Crippen molar-refractivity contribution in [3.05, 3.63) is 223 Å². The quantitative estimate of drug-likeness (QED) is 0.188. The Bertz CT molecular complexity index is 4170. The molecule has 3 aromatic heterocycles. The van der Waals surface area contributed by atoms with E-state index in [1.807, 2.05) is 36.4 Å². The minimum Gasteiger partial charge on any atom is -0.456 e. The van der Waals surface area contributed by atoms with Gasteiger partial charge in [0.2, 0.25) is 0 Å². The maximum atomic E-state index is 6.88. The molecule has 65 heavy (non-hydrogen) atoms. The van der Waals surface area contributed by atoms with Gasteiger partial charge in [0, 0.05) is 49.0 Å². The van der Waals surface area contributed by atoms with Crippen LogP contribution in [0.15, 0.2) is 225 Å². The first kappa shape index (κ1) is 35.8. The van der Waals surface area contributed by atoms with Crippen LogP contribution >= 0.6 is 0 Å². The summed E-state index contributed by atoms with van der Waals surface area (Å²) in [7, 11) is 0. The van der Waals surface area contributed by atoms with Gasteiger partial charge in [0.1, 0.15) is 34.3 Å². The van der Waals surface area contributed by atoms with Crippen LogP contribution in [-0.2, 0) is 0 Å².